The van der Waals surface area contributed by atoms with E-state index >= 15 is 0 Å². The Morgan fingerprint density at radius 1 is 1.20 bits per heavy atom. The van der Waals surface area contributed by atoms with Gasteiger partial charge in [0.2, 0.25) is 5.89 Å². The maximum atomic E-state index is 13.7. The second-order valence-electron chi connectivity index (χ2n) is 4.80. The molecule has 0 radical (unpaired) electrons. The van der Waals surface area contributed by atoms with Crippen molar-refractivity contribution in [2.75, 3.05) is 0 Å². The molecule has 1 aromatic carbocycles. The molecule has 0 atom stereocenters. The van der Waals surface area contributed by atoms with Crippen LogP contribution in [0.1, 0.15) is 23.6 Å². The summed E-state index contributed by atoms with van der Waals surface area (Å²) < 4.78 is 48.7. The molecular weight excluding hydrogens is 337 g/mol. The van der Waals surface area contributed by atoms with E-state index in [9.17, 15) is 13.2 Å². The second-order valence-corrected chi connectivity index (χ2v) is 4.80. The van der Waals surface area contributed by atoms with Gasteiger partial charge in [0.25, 0.3) is 5.89 Å². The third-order valence-electron chi connectivity index (χ3n) is 3.15. The number of para-hydroxylation sites is 1. The van der Waals surface area contributed by atoms with Crippen LogP contribution in [0.15, 0.2) is 40.9 Å². The number of halogens is 3. The minimum absolute atomic E-state index is 0.0713. The summed E-state index contributed by atoms with van der Waals surface area (Å²) in [4.78, 5) is 4.06. The number of ether oxygens (including phenoxy) is 1. The Labute approximate surface area is 139 Å². The van der Waals surface area contributed by atoms with Crippen LogP contribution in [0, 0.1) is 17.1 Å². The Morgan fingerprint density at radius 2 is 2.04 bits per heavy atom. The lowest BCUT2D eigenvalue weighted by molar-refractivity contribution is 0.116. The van der Waals surface area contributed by atoms with Crippen molar-refractivity contribution < 1.29 is 22.3 Å². The highest BCUT2D eigenvalue weighted by Gasteiger charge is 2.17. The molecule has 0 fully saturated rings. The summed E-state index contributed by atoms with van der Waals surface area (Å²) in [5, 5.41) is 15.7. The highest BCUT2D eigenvalue weighted by Crippen LogP contribution is 2.24. The van der Waals surface area contributed by atoms with Gasteiger partial charge in [0.05, 0.1) is 16.8 Å². The number of hydrogen-bond donors (Lipinski definition) is 0. The second kappa shape index (κ2) is 7.00. The monoisotopic (exact) mass is 346 g/mol. The van der Waals surface area contributed by atoms with Crippen LogP contribution in [0.5, 0.6) is 5.75 Å². The van der Waals surface area contributed by atoms with Gasteiger partial charge in [-0.05, 0) is 24.3 Å². The highest BCUT2D eigenvalue weighted by molar-refractivity contribution is 5.50. The first-order valence-corrected chi connectivity index (χ1v) is 6.96. The zero-order valence-corrected chi connectivity index (χ0v) is 12.5. The van der Waals surface area contributed by atoms with Crippen LogP contribution in [0.3, 0.4) is 0 Å². The summed E-state index contributed by atoms with van der Waals surface area (Å²) in [6.45, 7) is -0.0813. The van der Waals surface area contributed by atoms with Crippen LogP contribution in [-0.4, -0.2) is 15.2 Å². The van der Waals surface area contributed by atoms with Crippen molar-refractivity contribution in [3.05, 3.63) is 59.5 Å². The van der Waals surface area contributed by atoms with E-state index in [1.54, 1.807) is 0 Å². The quantitative estimate of drug-likeness (QED) is 0.701. The van der Waals surface area contributed by atoms with Crippen LogP contribution in [0.2, 0.25) is 0 Å². The predicted molar refractivity (Wildman–Crippen MR) is 77.9 cm³/mol. The SMILES string of the molecule is N#Cc1cccc(F)c1OCc1ccc(-c2nnc(C(F)F)o2)cn1. The van der Waals surface area contributed by atoms with Crippen molar-refractivity contribution in [2.45, 2.75) is 13.0 Å². The first-order chi connectivity index (χ1) is 12.1. The topological polar surface area (TPSA) is 84.8 Å². The maximum Gasteiger partial charge on any atom is 0.314 e. The summed E-state index contributed by atoms with van der Waals surface area (Å²) in [5.41, 5.74) is 0.859. The van der Waals surface area contributed by atoms with Gasteiger partial charge >= 0.3 is 6.43 Å². The van der Waals surface area contributed by atoms with E-state index < -0.39 is 18.1 Å². The molecule has 9 heteroatoms. The van der Waals surface area contributed by atoms with Crippen LogP contribution < -0.4 is 4.74 Å². The van der Waals surface area contributed by atoms with Gasteiger partial charge in [0, 0.05) is 6.20 Å². The average Bonchev–Trinajstić information content (AvgIpc) is 3.11. The molecule has 0 aliphatic carbocycles. The number of alkyl halides is 2. The van der Waals surface area contributed by atoms with Gasteiger partial charge in [-0.25, -0.2) is 4.39 Å². The van der Waals surface area contributed by atoms with E-state index in [-0.39, 0.29) is 23.8 Å². The molecule has 0 aliphatic heterocycles. The molecule has 0 amide bonds. The summed E-state index contributed by atoms with van der Waals surface area (Å²) >= 11 is 0. The number of nitriles is 1. The fourth-order valence-corrected chi connectivity index (χ4v) is 1.97. The molecule has 0 saturated carbocycles. The molecule has 2 heterocycles. The normalized spacial score (nSPS) is 10.7. The van der Waals surface area contributed by atoms with E-state index in [1.807, 2.05) is 6.07 Å². The fraction of sp³-hybridized carbons (Fsp3) is 0.125. The van der Waals surface area contributed by atoms with Crippen molar-refractivity contribution in [3.63, 3.8) is 0 Å². The molecule has 126 valence electrons. The number of hydrogen-bond acceptors (Lipinski definition) is 6. The molecule has 2 aromatic heterocycles. The zero-order chi connectivity index (χ0) is 17.8. The number of pyridine rings is 1. The molecular formula is C16H9F3N4O2. The van der Waals surface area contributed by atoms with Gasteiger partial charge in [0.1, 0.15) is 12.7 Å². The van der Waals surface area contributed by atoms with Gasteiger partial charge in [0.15, 0.2) is 11.6 Å². The molecule has 0 unspecified atom stereocenters. The van der Waals surface area contributed by atoms with Crippen molar-refractivity contribution in [1.82, 2.24) is 15.2 Å². The van der Waals surface area contributed by atoms with Crippen LogP contribution in [0.4, 0.5) is 13.2 Å². The molecule has 25 heavy (non-hydrogen) atoms. The molecule has 3 rings (SSSR count). The van der Waals surface area contributed by atoms with E-state index in [2.05, 4.69) is 15.2 Å². The lowest BCUT2D eigenvalue weighted by Crippen LogP contribution is -2.01. The zero-order valence-electron chi connectivity index (χ0n) is 12.5. The molecule has 0 bridgehead atoms. The standard InChI is InChI=1S/C16H9F3N4O2/c17-12-3-1-2-9(6-20)13(12)24-8-11-5-4-10(7-21-11)15-22-23-16(25-15)14(18)19/h1-5,7,14H,8H2. The largest absolute Gasteiger partial charge is 0.483 e. The average molecular weight is 346 g/mol. The van der Waals surface area contributed by atoms with Crippen molar-refractivity contribution >= 4 is 0 Å². The Hall–Kier alpha value is -3.41. The third kappa shape index (κ3) is 3.58. The smallest absolute Gasteiger partial charge is 0.314 e. The minimum atomic E-state index is -2.85. The number of benzene rings is 1. The molecule has 0 N–H and O–H groups in total. The molecule has 0 saturated heterocycles. The Bertz CT molecular complexity index is 920. The van der Waals surface area contributed by atoms with Gasteiger partial charge in [-0.1, -0.05) is 6.07 Å². The highest BCUT2D eigenvalue weighted by atomic mass is 19.3. The summed E-state index contributed by atoms with van der Waals surface area (Å²) in [5.74, 6) is -1.67. The van der Waals surface area contributed by atoms with E-state index in [1.165, 1.54) is 36.5 Å². The first-order valence-electron chi connectivity index (χ1n) is 6.96. The van der Waals surface area contributed by atoms with Crippen LogP contribution in [0.25, 0.3) is 11.5 Å². The van der Waals surface area contributed by atoms with Crippen molar-refractivity contribution in [3.8, 4) is 23.3 Å². The van der Waals surface area contributed by atoms with Gasteiger partial charge in [-0.15, -0.1) is 10.2 Å². The first kappa shape index (κ1) is 16.4. The van der Waals surface area contributed by atoms with E-state index in [0.29, 0.717) is 11.3 Å². The number of nitrogens with zero attached hydrogens (tertiary/aromatic N) is 4. The number of rotatable bonds is 5. The van der Waals surface area contributed by atoms with Crippen molar-refractivity contribution in [1.29, 1.82) is 5.26 Å². The molecule has 0 spiro atoms. The van der Waals surface area contributed by atoms with E-state index in [4.69, 9.17) is 14.4 Å². The van der Waals surface area contributed by atoms with Gasteiger partial charge in [-0.3, -0.25) is 4.98 Å². The van der Waals surface area contributed by atoms with Crippen LogP contribution >= 0.6 is 0 Å². The summed E-state index contributed by atoms with van der Waals surface area (Å²) in [6, 6.07) is 8.93. The van der Waals surface area contributed by atoms with Gasteiger partial charge < -0.3 is 9.15 Å². The number of aromatic nitrogens is 3. The summed E-state index contributed by atoms with van der Waals surface area (Å²) in [7, 11) is 0. The molecule has 3 aromatic rings. The van der Waals surface area contributed by atoms with Crippen molar-refractivity contribution in [2.24, 2.45) is 0 Å². The van der Waals surface area contributed by atoms with Gasteiger partial charge in [-0.2, -0.15) is 14.0 Å². The fourth-order valence-electron chi connectivity index (χ4n) is 1.97. The lowest BCUT2D eigenvalue weighted by atomic mass is 10.2. The Morgan fingerprint density at radius 3 is 2.68 bits per heavy atom. The van der Waals surface area contributed by atoms with Crippen LogP contribution in [-0.2, 0) is 6.61 Å². The Balaban J connectivity index is 1.72. The molecule has 6 nitrogen and oxygen atoms in total. The van der Waals surface area contributed by atoms with E-state index in [0.717, 1.165) is 0 Å². The summed E-state index contributed by atoms with van der Waals surface area (Å²) in [6.07, 6.45) is -1.51. The lowest BCUT2D eigenvalue weighted by Gasteiger charge is -2.08. The minimum Gasteiger partial charge on any atom is -0.483 e. The maximum absolute atomic E-state index is 13.7. The third-order valence-corrected chi connectivity index (χ3v) is 3.15. The predicted octanol–water partition coefficient (Wildman–Crippen LogP) is 3.66. The Kier molecular flexibility index (Phi) is 4.61. The molecule has 0 aliphatic rings.